The fourth-order valence-electron chi connectivity index (χ4n) is 2.82. The average Bonchev–Trinajstić information content (AvgIpc) is 2.87. The molecule has 100 valence electrons. The SMILES string of the molecule is CCn1cccc1C(=O)NC1CCCCC1CN. The predicted octanol–water partition coefficient (Wildman–Crippen LogP) is 1.76. The molecule has 0 aromatic carbocycles. The normalized spacial score (nSPS) is 23.9. The molecule has 2 rings (SSSR count). The number of nitrogens with one attached hydrogen (secondary N) is 1. The van der Waals surface area contributed by atoms with Crippen molar-refractivity contribution in [3.05, 3.63) is 24.0 Å². The lowest BCUT2D eigenvalue weighted by Crippen LogP contribution is -2.45. The Morgan fingerprint density at radius 1 is 1.50 bits per heavy atom. The van der Waals surface area contributed by atoms with Crippen LogP contribution in [-0.4, -0.2) is 23.1 Å². The molecular formula is C14H23N3O. The number of hydrogen-bond donors (Lipinski definition) is 2. The number of carbonyl (C=O) groups excluding carboxylic acids is 1. The van der Waals surface area contributed by atoms with Gasteiger partial charge >= 0.3 is 0 Å². The number of aromatic nitrogens is 1. The molecule has 0 aliphatic heterocycles. The summed E-state index contributed by atoms with van der Waals surface area (Å²) in [6.45, 7) is 3.53. The first kappa shape index (κ1) is 13.1. The molecule has 18 heavy (non-hydrogen) atoms. The van der Waals surface area contributed by atoms with Crippen LogP contribution in [0.5, 0.6) is 0 Å². The van der Waals surface area contributed by atoms with E-state index in [1.165, 1.54) is 12.8 Å². The smallest absolute Gasteiger partial charge is 0.268 e. The number of aryl methyl sites for hydroxylation is 1. The highest BCUT2D eigenvalue weighted by atomic mass is 16.2. The Balaban J connectivity index is 2.02. The summed E-state index contributed by atoms with van der Waals surface area (Å²) in [6.07, 6.45) is 6.56. The van der Waals surface area contributed by atoms with Gasteiger partial charge in [0, 0.05) is 18.8 Å². The molecule has 2 atom stereocenters. The van der Waals surface area contributed by atoms with Gasteiger partial charge < -0.3 is 15.6 Å². The third-order valence-corrected chi connectivity index (χ3v) is 3.93. The molecule has 1 amide bonds. The Kier molecular flexibility index (Phi) is 4.42. The van der Waals surface area contributed by atoms with Gasteiger partial charge in [-0.15, -0.1) is 0 Å². The van der Waals surface area contributed by atoms with E-state index in [2.05, 4.69) is 5.32 Å². The molecule has 0 spiro atoms. The Morgan fingerprint density at radius 2 is 2.28 bits per heavy atom. The fourth-order valence-corrected chi connectivity index (χ4v) is 2.82. The Hall–Kier alpha value is -1.29. The predicted molar refractivity (Wildman–Crippen MR) is 72.4 cm³/mol. The second kappa shape index (κ2) is 6.05. The van der Waals surface area contributed by atoms with Gasteiger partial charge in [0.05, 0.1) is 0 Å². The van der Waals surface area contributed by atoms with Crippen molar-refractivity contribution in [2.24, 2.45) is 11.7 Å². The standard InChI is InChI=1S/C14H23N3O/c1-2-17-9-5-8-13(17)14(18)16-12-7-4-3-6-11(12)10-15/h5,8-9,11-12H,2-4,6-7,10,15H2,1H3,(H,16,18). The summed E-state index contributed by atoms with van der Waals surface area (Å²) in [5.41, 5.74) is 6.54. The topological polar surface area (TPSA) is 60.0 Å². The van der Waals surface area contributed by atoms with Crippen LogP contribution in [0, 0.1) is 5.92 Å². The van der Waals surface area contributed by atoms with Gasteiger partial charge in [-0.25, -0.2) is 0 Å². The highest BCUT2D eigenvalue weighted by molar-refractivity contribution is 5.92. The second-order valence-corrected chi connectivity index (χ2v) is 5.04. The van der Waals surface area contributed by atoms with Crippen LogP contribution in [0.25, 0.3) is 0 Å². The molecule has 1 heterocycles. The first-order valence-electron chi connectivity index (χ1n) is 6.92. The number of amides is 1. The first-order valence-corrected chi connectivity index (χ1v) is 6.92. The summed E-state index contributed by atoms with van der Waals surface area (Å²) in [5.74, 6) is 0.472. The van der Waals surface area contributed by atoms with E-state index in [0.717, 1.165) is 25.1 Å². The van der Waals surface area contributed by atoms with Crippen LogP contribution in [0.3, 0.4) is 0 Å². The van der Waals surface area contributed by atoms with E-state index in [4.69, 9.17) is 5.73 Å². The van der Waals surface area contributed by atoms with Crippen molar-refractivity contribution in [3.8, 4) is 0 Å². The lowest BCUT2D eigenvalue weighted by molar-refractivity contribution is 0.0898. The van der Waals surface area contributed by atoms with Crippen LogP contribution in [0.4, 0.5) is 0 Å². The number of nitrogens with two attached hydrogens (primary N) is 1. The highest BCUT2D eigenvalue weighted by Crippen LogP contribution is 2.23. The van der Waals surface area contributed by atoms with Gasteiger partial charge in [0.15, 0.2) is 0 Å². The number of carbonyl (C=O) groups is 1. The van der Waals surface area contributed by atoms with Crippen molar-refractivity contribution in [2.45, 2.75) is 45.2 Å². The second-order valence-electron chi connectivity index (χ2n) is 5.04. The summed E-state index contributed by atoms with van der Waals surface area (Å²) in [5, 5.41) is 3.16. The average molecular weight is 249 g/mol. The van der Waals surface area contributed by atoms with Crippen LogP contribution >= 0.6 is 0 Å². The molecule has 0 bridgehead atoms. The van der Waals surface area contributed by atoms with E-state index >= 15 is 0 Å². The maximum absolute atomic E-state index is 12.2. The zero-order valence-corrected chi connectivity index (χ0v) is 11.1. The minimum Gasteiger partial charge on any atom is -0.348 e. The van der Waals surface area contributed by atoms with Crippen molar-refractivity contribution >= 4 is 5.91 Å². The lowest BCUT2D eigenvalue weighted by Gasteiger charge is -2.31. The minimum atomic E-state index is 0.0344. The van der Waals surface area contributed by atoms with Crippen LogP contribution in [0.2, 0.25) is 0 Å². The van der Waals surface area contributed by atoms with Crippen LogP contribution in [0.15, 0.2) is 18.3 Å². The summed E-state index contributed by atoms with van der Waals surface area (Å²) in [6, 6.07) is 4.04. The molecule has 0 radical (unpaired) electrons. The molecule has 3 N–H and O–H groups in total. The third kappa shape index (κ3) is 2.75. The van der Waals surface area contributed by atoms with E-state index in [9.17, 15) is 4.79 Å². The van der Waals surface area contributed by atoms with Crippen molar-refractivity contribution in [2.75, 3.05) is 6.54 Å². The fraction of sp³-hybridized carbons (Fsp3) is 0.643. The first-order chi connectivity index (χ1) is 8.76. The maximum atomic E-state index is 12.2. The summed E-state index contributed by atoms with van der Waals surface area (Å²) in [7, 11) is 0. The Labute approximate surface area is 109 Å². The number of nitrogens with zero attached hydrogens (tertiary/aromatic N) is 1. The quantitative estimate of drug-likeness (QED) is 0.854. The molecule has 1 aliphatic rings. The van der Waals surface area contributed by atoms with Gasteiger partial charge in [-0.05, 0) is 44.4 Å². The van der Waals surface area contributed by atoms with Crippen LogP contribution in [-0.2, 0) is 6.54 Å². The molecule has 1 aromatic heterocycles. The van der Waals surface area contributed by atoms with Crippen molar-refractivity contribution in [3.63, 3.8) is 0 Å². The summed E-state index contributed by atoms with van der Waals surface area (Å²) < 4.78 is 1.97. The van der Waals surface area contributed by atoms with Crippen LogP contribution in [0.1, 0.15) is 43.1 Å². The van der Waals surface area contributed by atoms with Gasteiger partial charge in [-0.1, -0.05) is 12.8 Å². The largest absolute Gasteiger partial charge is 0.348 e. The molecule has 0 saturated heterocycles. The molecule has 1 fully saturated rings. The number of rotatable bonds is 4. The number of hydrogen-bond acceptors (Lipinski definition) is 2. The monoisotopic (exact) mass is 249 g/mol. The van der Waals surface area contributed by atoms with Crippen molar-refractivity contribution in [1.82, 2.24) is 9.88 Å². The molecular weight excluding hydrogens is 226 g/mol. The van der Waals surface area contributed by atoms with E-state index in [0.29, 0.717) is 12.5 Å². The van der Waals surface area contributed by atoms with E-state index in [1.807, 2.05) is 29.8 Å². The summed E-state index contributed by atoms with van der Waals surface area (Å²) in [4.78, 5) is 12.2. The Morgan fingerprint density at radius 3 is 3.00 bits per heavy atom. The lowest BCUT2D eigenvalue weighted by atomic mass is 9.84. The van der Waals surface area contributed by atoms with Gasteiger partial charge in [-0.2, -0.15) is 0 Å². The van der Waals surface area contributed by atoms with Gasteiger partial charge in [0.25, 0.3) is 5.91 Å². The molecule has 1 saturated carbocycles. The summed E-state index contributed by atoms with van der Waals surface area (Å²) >= 11 is 0. The third-order valence-electron chi connectivity index (χ3n) is 3.93. The van der Waals surface area contributed by atoms with Gasteiger partial charge in [0.1, 0.15) is 5.69 Å². The van der Waals surface area contributed by atoms with Crippen molar-refractivity contribution in [1.29, 1.82) is 0 Å². The zero-order chi connectivity index (χ0) is 13.0. The molecule has 1 aromatic rings. The minimum absolute atomic E-state index is 0.0344. The molecule has 4 nitrogen and oxygen atoms in total. The van der Waals surface area contributed by atoms with E-state index < -0.39 is 0 Å². The Bertz CT molecular complexity index is 399. The van der Waals surface area contributed by atoms with E-state index in [-0.39, 0.29) is 11.9 Å². The van der Waals surface area contributed by atoms with Crippen LogP contribution < -0.4 is 11.1 Å². The molecule has 2 unspecified atom stereocenters. The van der Waals surface area contributed by atoms with Gasteiger partial charge in [0.2, 0.25) is 0 Å². The highest BCUT2D eigenvalue weighted by Gasteiger charge is 2.26. The zero-order valence-electron chi connectivity index (χ0n) is 11.1. The molecule has 1 aliphatic carbocycles. The van der Waals surface area contributed by atoms with E-state index in [1.54, 1.807) is 0 Å². The molecule has 4 heteroatoms. The maximum Gasteiger partial charge on any atom is 0.268 e. The van der Waals surface area contributed by atoms with Gasteiger partial charge in [-0.3, -0.25) is 4.79 Å². The van der Waals surface area contributed by atoms with Crippen molar-refractivity contribution < 1.29 is 4.79 Å².